The third kappa shape index (κ3) is 3.00. The Morgan fingerprint density at radius 3 is 2.60 bits per heavy atom. The molecule has 1 heterocycles. The summed E-state index contributed by atoms with van der Waals surface area (Å²) in [5.74, 6) is 0. The van der Waals surface area contributed by atoms with Crippen LogP contribution in [-0.4, -0.2) is 9.78 Å². The fraction of sp³-hybridized carbons (Fsp3) is 0.400. The van der Waals surface area contributed by atoms with Gasteiger partial charge in [-0.05, 0) is 30.5 Å². The second-order valence-corrected chi connectivity index (χ2v) is 5.79. The van der Waals surface area contributed by atoms with Gasteiger partial charge in [0.2, 0.25) is 0 Å². The molecule has 2 N–H and O–H groups in total. The molecule has 0 saturated heterocycles. The Labute approximate surface area is 129 Å². The van der Waals surface area contributed by atoms with Gasteiger partial charge in [-0.3, -0.25) is 4.68 Å². The largest absolute Gasteiger partial charge is 0.324 e. The van der Waals surface area contributed by atoms with E-state index in [4.69, 9.17) is 28.9 Å². The second-order valence-electron chi connectivity index (χ2n) is 5.00. The Morgan fingerprint density at radius 2 is 2.05 bits per heavy atom. The molecule has 3 nitrogen and oxygen atoms in total. The summed E-state index contributed by atoms with van der Waals surface area (Å²) in [5, 5.41) is 5.87. The van der Waals surface area contributed by atoms with Crippen LogP contribution in [0.2, 0.25) is 10.0 Å². The van der Waals surface area contributed by atoms with Crippen molar-refractivity contribution in [2.24, 2.45) is 12.8 Å². The minimum absolute atomic E-state index is 0.147. The predicted octanol–water partition coefficient (Wildman–Crippen LogP) is 3.84. The molecule has 0 bridgehead atoms. The van der Waals surface area contributed by atoms with Crippen molar-refractivity contribution in [1.29, 1.82) is 0 Å². The van der Waals surface area contributed by atoms with Crippen molar-refractivity contribution in [3.8, 4) is 0 Å². The second kappa shape index (κ2) is 6.17. The number of halogens is 2. The van der Waals surface area contributed by atoms with Crippen molar-refractivity contribution in [2.75, 3.05) is 0 Å². The van der Waals surface area contributed by atoms with Crippen LogP contribution in [0.4, 0.5) is 0 Å². The number of rotatable bonds is 4. The van der Waals surface area contributed by atoms with Crippen molar-refractivity contribution in [3.05, 3.63) is 50.8 Å². The zero-order valence-corrected chi connectivity index (χ0v) is 13.5. The standard InChI is InChI=1S/C15H19Cl2N3/c1-4-13-15(17)14(20(3)19-13)8-12(18)10-6-5-9(2)11(16)7-10/h5-7,12H,4,8,18H2,1-3H3. The summed E-state index contributed by atoms with van der Waals surface area (Å²) in [6.45, 7) is 4.01. The third-order valence-corrected chi connectivity index (χ3v) is 4.38. The van der Waals surface area contributed by atoms with Crippen LogP contribution in [0.25, 0.3) is 0 Å². The molecule has 0 radical (unpaired) electrons. The zero-order chi connectivity index (χ0) is 14.9. The first-order valence-electron chi connectivity index (χ1n) is 6.65. The molecule has 0 amide bonds. The summed E-state index contributed by atoms with van der Waals surface area (Å²) in [7, 11) is 1.90. The Bertz CT molecular complexity index is 620. The van der Waals surface area contributed by atoms with Gasteiger partial charge in [-0.1, -0.05) is 42.3 Å². The summed E-state index contributed by atoms with van der Waals surface area (Å²) in [6, 6.07) is 5.77. The summed E-state index contributed by atoms with van der Waals surface area (Å²) in [4.78, 5) is 0. The molecule has 0 aliphatic heterocycles. The zero-order valence-electron chi connectivity index (χ0n) is 12.0. The van der Waals surface area contributed by atoms with Crippen LogP contribution >= 0.6 is 23.2 Å². The van der Waals surface area contributed by atoms with E-state index in [0.29, 0.717) is 6.42 Å². The number of nitrogens with two attached hydrogens (primary N) is 1. The minimum Gasteiger partial charge on any atom is -0.324 e. The summed E-state index contributed by atoms with van der Waals surface area (Å²) in [6.07, 6.45) is 1.46. The molecule has 5 heteroatoms. The van der Waals surface area contributed by atoms with E-state index in [0.717, 1.165) is 39.0 Å². The van der Waals surface area contributed by atoms with Gasteiger partial charge in [0.15, 0.2) is 0 Å². The van der Waals surface area contributed by atoms with Crippen molar-refractivity contribution in [3.63, 3.8) is 0 Å². The summed E-state index contributed by atoms with van der Waals surface area (Å²) in [5.41, 5.74) is 10.2. The average molecular weight is 312 g/mol. The first-order chi connectivity index (χ1) is 9.43. The van der Waals surface area contributed by atoms with Crippen molar-refractivity contribution in [2.45, 2.75) is 32.7 Å². The van der Waals surface area contributed by atoms with E-state index in [1.54, 1.807) is 0 Å². The lowest BCUT2D eigenvalue weighted by molar-refractivity contribution is 0.638. The van der Waals surface area contributed by atoms with Crippen molar-refractivity contribution >= 4 is 23.2 Å². The van der Waals surface area contributed by atoms with Gasteiger partial charge in [0.05, 0.1) is 16.4 Å². The summed E-state index contributed by atoms with van der Waals surface area (Å²) < 4.78 is 1.82. The Morgan fingerprint density at radius 1 is 1.35 bits per heavy atom. The highest BCUT2D eigenvalue weighted by Crippen LogP contribution is 2.27. The van der Waals surface area contributed by atoms with Gasteiger partial charge in [-0.15, -0.1) is 0 Å². The number of nitrogens with zero attached hydrogens (tertiary/aromatic N) is 2. The highest BCUT2D eigenvalue weighted by Gasteiger charge is 2.17. The molecule has 2 rings (SSSR count). The lowest BCUT2D eigenvalue weighted by Crippen LogP contribution is -2.15. The van der Waals surface area contributed by atoms with E-state index in [1.165, 1.54) is 0 Å². The first-order valence-corrected chi connectivity index (χ1v) is 7.41. The monoisotopic (exact) mass is 311 g/mol. The molecule has 0 aliphatic rings. The molecule has 1 atom stereocenters. The number of aryl methyl sites for hydroxylation is 3. The quantitative estimate of drug-likeness (QED) is 0.932. The van der Waals surface area contributed by atoms with Crippen LogP contribution in [-0.2, 0) is 19.9 Å². The molecule has 1 aromatic heterocycles. The van der Waals surface area contributed by atoms with E-state index >= 15 is 0 Å². The van der Waals surface area contributed by atoms with Gasteiger partial charge in [0, 0.05) is 24.5 Å². The Hall–Kier alpha value is -1.03. The van der Waals surface area contributed by atoms with Gasteiger partial charge < -0.3 is 5.73 Å². The smallest absolute Gasteiger partial charge is 0.0850 e. The molecule has 0 spiro atoms. The molecule has 20 heavy (non-hydrogen) atoms. The van der Waals surface area contributed by atoms with E-state index in [1.807, 2.05) is 43.8 Å². The first kappa shape index (κ1) is 15.4. The number of hydrogen-bond donors (Lipinski definition) is 1. The molecule has 1 aromatic carbocycles. The fourth-order valence-electron chi connectivity index (χ4n) is 2.21. The van der Waals surface area contributed by atoms with Crippen molar-refractivity contribution < 1.29 is 0 Å². The minimum atomic E-state index is -0.147. The van der Waals surface area contributed by atoms with Gasteiger partial charge in [-0.2, -0.15) is 5.10 Å². The number of aromatic nitrogens is 2. The van der Waals surface area contributed by atoms with Crippen LogP contribution in [0.5, 0.6) is 0 Å². The third-order valence-electron chi connectivity index (χ3n) is 3.54. The van der Waals surface area contributed by atoms with E-state index in [2.05, 4.69) is 5.10 Å². The maximum Gasteiger partial charge on any atom is 0.0850 e. The molecular weight excluding hydrogens is 293 g/mol. The van der Waals surface area contributed by atoms with Crippen LogP contribution in [0.1, 0.15) is 35.5 Å². The maximum atomic E-state index is 6.35. The van der Waals surface area contributed by atoms with Gasteiger partial charge in [-0.25, -0.2) is 0 Å². The van der Waals surface area contributed by atoms with E-state index < -0.39 is 0 Å². The molecule has 0 aliphatic carbocycles. The maximum absolute atomic E-state index is 6.35. The average Bonchev–Trinajstić information content (AvgIpc) is 2.69. The predicted molar refractivity (Wildman–Crippen MR) is 84.4 cm³/mol. The highest BCUT2D eigenvalue weighted by atomic mass is 35.5. The van der Waals surface area contributed by atoms with Crippen LogP contribution in [0.15, 0.2) is 18.2 Å². The van der Waals surface area contributed by atoms with Crippen LogP contribution in [0, 0.1) is 6.92 Å². The molecule has 1 unspecified atom stereocenters. The lowest BCUT2D eigenvalue weighted by Gasteiger charge is -2.13. The number of hydrogen-bond acceptors (Lipinski definition) is 2. The molecule has 108 valence electrons. The van der Waals surface area contributed by atoms with Gasteiger partial charge >= 0.3 is 0 Å². The summed E-state index contributed by atoms with van der Waals surface area (Å²) >= 11 is 12.5. The Balaban J connectivity index is 2.25. The van der Waals surface area contributed by atoms with Crippen LogP contribution < -0.4 is 5.73 Å². The fourth-order valence-corrected chi connectivity index (χ4v) is 2.77. The SMILES string of the molecule is CCc1nn(C)c(CC(N)c2ccc(C)c(Cl)c2)c1Cl. The Kier molecular flexibility index (Phi) is 4.74. The van der Waals surface area contributed by atoms with Crippen molar-refractivity contribution in [1.82, 2.24) is 9.78 Å². The molecule has 0 saturated carbocycles. The molecule has 0 fully saturated rings. The van der Waals surface area contributed by atoms with Crippen LogP contribution in [0.3, 0.4) is 0 Å². The normalized spacial score (nSPS) is 12.7. The van der Waals surface area contributed by atoms with E-state index in [9.17, 15) is 0 Å². The highest BCUT2D eigenvalue weighted by molar-refractivity contribution is 6.32. The molecular formula is C15H19Cl2N3. The van der Waals surface area contributed by atoms with Gasteiger partial charge in [0.25, 0.3) is 0 Å². The van der Waals surface area contributed by atoms with Gasteiger partial charge in [0.1, 0.15) is 0 Å². The lowest BCUT2D eigenvalue weighted by atomic mass is 10.0. The molecule has 2 aromatic rings. The van der Waals surface area contributed by atoms with E-state index in [-0.39, 0.29) is 6.04 Å². The number of benzene rings is 1. The topological polar surface area (TPSA) is 43.8 Å².